The third kappa shape index (κ3) is 3.39. The number of nitriles is 1. The second-order valence-corrected chi connectivity index (χ2v) is 4.85. The number of allylic oxidation sites excluding steroid dienone is 1. The molecule has 0 bridgehead atoms. The molecule has 0 saturated heterocycles. The zero-order chi connectivity index (χ0) is 15.4. The van der Waals surface area contributed by atoms with Crippen LogP contribution in [0.3, 0.4) is 0 Å². The van der Waals surface area contributed by atoms with Crippen molar-refractivity contribution >= 4 is 16.9 Å². The van der Waals surface area contributed by atoms with Gasteiger partial charge in [0.25, 0.3) is 5.91 Å². The molecule has 6 heteroatoms. The van der Waals surface area contributed by atoms with Crippen LogP contribution in [0.25, 0.3) is 11.0 Å². The lowest BCUT2D eigenvalue weighted by Crippen LogP contribution is -2.12. The molecule has 6 nitrogen and oxygen atoms in total. The molecule has 0 atom stereocenters. The Kier molecular flexibility index (Phi) is 4.24. The number of rotatable bonds is 5. The molecule has 0 radical (unpaired) electrons. The Labute approximate surface area is 122 Å². The van der Waals surface area contributed by atoms with Gasteiger partial charge in [0, 0.05) is 11.6 Å². The van der Waals surface area contributed by atoms with Gasteiger partial charge in [0.15, 0.2) is 0 Å². The van der Waals surface area contributed by atoms with Crippen LogP contribution in [0.4, 0.5) is 0 Å². The van der Waals surface area contributed by atoms with E-state index in [0.717, 1.165) is 16.6 Å². The fourth-order valence-corrected chi connectivity index (χ4v) is 1.96. The second-order valence-electron chi connectivity index (χ2n) is 4.85. The van der Waals surface area contributed by atoms with E-state index in [-0.39, 0.29) is 11.7 Å². The van der Waals surface area contributed by atoms with Crippen molar-refractivity contribution in [1.29, 1.82) is 5.26 Å². The zero-order valence-electron chi connectivity index (χ0n) is 11.9. The van der Waals surface area contributed by atoms with Crippen molar-refractivity contribution in [3.63, 3.8) is 0 Å². The summed E-state index contributed by atoms with van der Waals surface area (Å²) < 4.78 is 5.61. The second kappa shape index (κ2) is 6.09. The first-order chi connectivity index (χ1) is 10.0. The number of aromatic nitrogens is 2. The van der Waals surface area contributed by atoms with Crippen LogP contribution in [-0.4, -0.2) is 22.0 Å². The van der Waals surface area contributed by atoms with Crippen LogP contribution in [0.2, 0.25) is 0 Å². The lowest BCUT2D eigenvalue weighted by atomic mass is 10.1. The van der Waals surface area contributed by atoms with Gasteiger partial charge in [-0.05, 0) is 31.9 Å². The first kappa shape index (κ1) is 14.6. The molecule has 2 heterocycles. The van der Waals surface area contributed by atoms with Crippen molar-refractivity contribution in [2.45, 2.75) is 26.4 Å². The van der Waals surface area contributed by atoms with E-state index in [1.807, 2.05) is 19.9 Å². The number of pyridine rings is 1. The van der Waals surface area contributed by atoms with Gasteiger partial charge in [0.1, 0.15) is 23.0 Å². The number of hydrogen-bond acceptors (Lipinski definition) is 4. The normalized spacial score (nSPS) is 11.6. The minimum Gasteiger partial charge on any atom is -0.489 e. The molecule has 108 valence electrons. The summed E-state index contributed by atoms with van der Waals surface area (Å²) in [6.07, 6.45) is 5.44. The van der Waals surface area contributed by atoms with Gasteiger partial charge < -0.3 is 15.5 Å². The lowest BCUT2D eigenvalue weighted by molar-refractivity contribution is -0.114. The maximum atomic E-state index is 11.0. The summed E-state index contributed by atoms with van der Waals surface area (Å²) in [5.74, 6) is -0.0444. The summed E-state index contributed by atoms with van der Waals surface area (Å²) in [6.45, 7) is 3.88. The van der Waals surface area contributed by atoms with E-state index in [0.29, 0.717) is 12.2 Å². The summed E-state index contributed by atoms with van der Waals surface area (Å²) in [5, 5.41) is 9.72. The predicted octanol–water partition coefficient (Wildman–Crippen LogP) is 1.83. The molecule has 0 saturated carbocycles. The molecule has 2 aromatic rings. The molecular weight excluding hydrogens is 268 g/mol. The first-order valence-corrected chi connectivity index (χ1v) is 6.54. The van der Waals surface area contributed by atoms with E-state index in [1.165, 1.54) is 6.08 Å². The zero-order valence-corrected chi connectivity index (χ0v) is 11.9. The number of aromatic amines is 1. The molecular formula is C15H16N4O2. The Hall–Kier alpha value is -2.81. The topological polar surface area (TPSA) is 105 Å². The van der Waals surface area contributed by atoms with Crippen LogP contribution in [0.15, 0.2) is 30.1 Å². The van der Waals surface area contributed by atoms with Gasteiger partial charge in [0.2, 0.25) is 0 Å². The number of nitrogens with one attached hydrogen (secondary N) is 1. The number of fused-ring (bicyclic) bond motifs is 1. The van der Waals surface area contributed by atoms with Crippen molar-refractivity contribution in [2.24, 2.45) is 5.73 Å². The first-order valence-electron chi connectivity index (χ1n) is 6.54. The average molecular weight is 284 g/mol. The van der Waals surface area contributed by atoms with Crippen LogP contribution in [0.5, 0.6) is 5.75 Å². The van der Waals surface area contributed by atoms with Crippen LogP contribution in [0, 0.1) is 11.3 Å². The average Bonchev–Trinajstić information content (AvgIpc) is 2.81. The highest BCUT2D eigenvalue weighted by molar-refractivity contribution is 5.96. The number of amides is 1. The van der Waals surface area contributed by atoms with E-state index >= 15 is 0 Å². The van der Waals surface area contributed by atoms with Crippen LogP contribution >= 0.6 is 0 Å². The SMILES string of the molecule is CC(C)Oc1cnc2[nH]cc(CC=C(C#N)C(N)=O)c2c1. The smallest absolute Gasteiger partial charge is 0.259 e. The van der Waals surface area contributed by atoms with Crippen LogP contribution in [0.1, 0.15) is 19.4 Å². The number of ether oxygens (including phenoxy) is 1. The van der Waals surface area contributed by atoms with Crippen molar-refractivity contribution in [2.75, 3.05) is 0 Å². The number of primary amides is 1. The summed E-state index contributed by atoms with van der Waals surface area (Å²) in [7, 11) is 0. The highest BCUT2D eigenvalue weighted by atomic mass is 16.5. The van der Waals surface area contributed by atoms with E-state index in [4.69, 9.17) is 15.7 Å². The molecule has 0 aliphatic heterocycles. The molecule has 2 rings (SSSR count). The van der Waals surface area contributed by atoms with Crippen molar-refractivity contribution in [3.05, 3.63) is 35.7 Å². The molecule has 3 N–H and O–H groups in total. The maximum Gasteiger partial charge on any atom is 0.259 e. The molecule has 1 amide bonds. The van der Waals surface area contributed by atoms with Crippen molar-refractivity contribution in [3.8, 4) is 11.8 Å². The lowest BCUT2D eigenvalue weighted by Gasteiger charge is -2.09. The quantitative estimate of drug-likeness (QED) is 0.645. The Morgan fingerprint density at radius 3 is 3.00 bits per heavy atom. The van der Waals surface area contributed by atoms with Gasteiger partial charge in [-0.3, -0.25) is 4.79 Å². The van der Waals surface area contributed by atoms with E-state index in [2.05, 4.69) is 9.97 Å². The minimum absolute atomic E-state index is 0.0492. The maximum absolute atomic E-state index is 11.0. The highest BCUT2D eigenvalue weighted by Crippen LogP contribution is 2.23. The molecule has 0 spiro atoms. The molecule has 0 fully saturated rings. The van der Waals surface area contributed by atoms with Gasteiger partial charge in [-0.15, -0.1) is 0 Å². The van der Waals surface area contributed by atoms with Gasteiger partial charge in [-0.25, -0.2) is 4.98 Å². The fraction of sp³-hybridized carbons (Fsp3) is 0.267. The van der Waals surface area contributed by atoms with E-state index in [1.54, 1.807) is 18.5 Å². The predicted molar refractivity (Wildman–Crippen MR) is 78.5 cm³/mol. The number of H-pyrrole nitrogens is 1. The fourth-order valence-electron chi connectivity index (χ4n) is 1.96. The minimum atomic E-state index is -0.723. The van der Waals surface area contributed by atoms with E-state index < -0.39 is 5.91 Å². The number of nitrogens with zero attached hydrogens (tertiary/aromatic N) is 2. The van der Waals surface area contributed by atoms with Gasteiger partial charge in [-0.2, -0.15) is 5.26 Å². The molecule has 21 heavy (non-hydrogen) atoms. The third-order valence-corrected chi connectivity index (χ3v) is 2.88. The Morgan fingerprint density at radius 2 is 2.38 bits per heavy atom. The molecule has 0 aliphatic rings. The largest absolute Gasteiger partial charge is 0.489 e. The number of carbonyl (C=O) groups is 1. The molecule has 2 aromatic heterocycles. The van der Waals surface area contributed by atoms with E-state index in [9.17, 15) is 4.79 Å². The van der Waals surface area contributed by atoms with Crippen molar-refractivity contribution in [1.82, 2.24) is 9.97 Å². The molecule has 0 aromatic carbocycles. The Balaban J connectivity index is 2.32. The monoisotopic (exact) mass is 284 g/mol. The standard InChI is InChI=1S/C15H16N4O2/c1-9(2)21-12-5-13-11(7-18-15(13)19-8-12)4-3-10(6-16)14(17)20/h3,5,7-9H,4H2,1-2H3,(H2,17,20)(H,18,19). The number of carbonyl (C=O) groups excluding carboxylic acids is 1. The van der Waals surface area contributed by atoms with Crippen LogP contribution < -0.4 is 10.5 Å². The summed E-state index contributed by atoms with van der Waals surface area (Å²) >= 11 is 0. The summed E-state index contributed by atoms with van der Waals surface area (Å²) in [6, 6.07) is 3.67. The number of nitrogens with two attached hydrogens (primary N) is 1. The highest BCUT2D eigenvalue weighted by Gasteiger charge is 2.08. The third-order valence-electron chi connectivity index (χ3n) is 2.88. The Morgan fingerprint density at radius 1 is 1.62 bits per heavy atom. The van der Waals surface area contributed by atoms with Crippen LogP contribution in [-0.2, 0) is 11.2 Å². The van der Waals surface area contributed by atoms with Gasteiger partial charge >= 0.3 is 0 Å². The summed E-state index contributed by atoms with van der Waals surface area (Å²) in [5.41, 5.74) is 6.71. The summed E-state index contributed by atoms with van der Waals surface area (Å²) in [4.78, 5) is 18.3. The van der Waals surface area contributed by atoms with Crippen molar-refractivity contribution < 1.29 is 9.53 Å². The van der Waals surface area contributed by atoms with Gasteiger partial charge in [-0.1, -0.05) is 6.08 Å². The Bertz CT molecular complexity index is 738. The van der Waals surface area contributed by atoms with Gasteiger partial charge in [0.05, 0.1) is 12.3 Å². The molecule has 0 unspecified atom stereocenters. The number of hydrogen-bond donors (Lipinski definition) is 2. The molecule has 0 aliphatic carbocycles.